The van der Waals surface area contributed by atoms with E-state index in [0.717, 1.165) is 0 Å². The number of amides is 2. The molecule has 1 saturated heterocycles. The fourth-order valence-corrected chi connectivity index (χ4v) is 2.98. The SMILES string of the molecule is O=C(O)N1CCN(C(=O)C2C[C@H](O[N+](=O)[O-])[C@H](O[N+](=O)[O-])C2)CC1. The molecule has 0 aromatic rings. The summed E-state index contributed by atoms with van der Waals surface area (Å²) in [6.45, 7) is 0.723. The molecule has 1 saturated carbocycles. The first-order valence-electron chi connectivity index (χ1n) is 7.17. The molecule has 0 aromatic carbocycles. The first-order valence-corrected chi connectivity index (χ1v) is 7.17. The van der Waals surface area contributed by atoms with Gasteiger partial charge < -0.3 is 24.6 Å². The van der Waals surface area contributed by atoms with E-state index in [1.807, 2.05) is 0 Å². The van der Waals surface area contributed by atoms with Crippen LogP contribution in [0, 0.1) is 26.1 Å². The van der Waals surface area contributed by atoms with Crippen molar-refractivity contribution < 1.29 is 34.5 Å². The third-order valence-electron chi connectivity index (χ3n) is 4.10. The van der Waals surface area contributed by atoms with Crippen LogP contribution in [0.5, 0.6) is 0 Å². The summed E-state index contributed by atoms with van der Waals surface area (Å²) in [7, 11) is 0. The number of hydrogen-bond acceptors (Lipinski definition) is 8. The first kappa shape index (κ1) is 17.5. The smallest absolute Gasteiger partial charge is 0.407 e. The van der Waals surface area contributed by atoms with E-state index >= 15 is 0 Å². The van der Waals surface area contributed by atoms with E-state index in [4.69, 9.17) is 5.11 Å². The van der Waals surface area contributed by atoms with Gasteiger partial charge in [0, 0.05) is 32.1 Å². The number of rotatable bonds is 5. The molecular weight excluding hydrogens is 332 g/mol. The summed E-state index contributed by atoms with van der Waals surface area (Å²) in [6.07, 6.45) is -3.60. The van der Waals surface area contributed by atoms with Crippen LogP contribution in [0.1, 0.15) is 12.8 Å². The van der Waals surface area contributed by atoms with E-state index in [9.17, 15) is 29.8 Å². The standard InChI is InChI=1S/C11H16N4O9/c16-10(12-1-3-13(4-2-12)11(17)18)7-5-8(23-14(19)20)9(6-7)24-15(21)22/h7-9H,1-6H2,(H,17,18)/t7?,8-,9+. The molecule has 13 heteroatoms. The Bertz CT molecular complexity index is 510. The second kappa shape index (κ2) is 7.14. The molecule has 134 valence electrons. The lowest BCUT2D eigenvalue weighted by Crippen LogP contribution is -2.51. The van der Waals surface area contributed by atoms with Gasteiger partial charge in [-0.2, -0.15) is 0 Å². The third kappa shape index (κ3) is 4.11. The van der Waals surface area contributed by atoms with Crippen LogP contribution in [-0.2, 0) is 14.5 Å². The molecule has 2 amide bonds. The van der Waals surface area contributed by atoms with E-state index in [0.29, 0.717) is 0 Å². The lowest BCUT2D eigenvalue weighted by atomic mass is 10.1. The summed E-state index contributed by atoms with van der Waals surface area (Å²) in [6, 6.07) is 0. The topological polar surface area (TPSA) is 166 Å². The highest BCUT2D eigenvalue weighted by atomic mass is 17.0. The van der Waals surface area contributed by atoms with Crippen molar-refractivity contribution in [2.75, 3.05) is 26.2 Å². The van der Waals surface area contributed by atoms with Crippen molar-refractivity contribution in [1.29, 1.82) is 0 Å². The van der Waals surface area contributed by atoms with E-state index in [2.05, 4.69) is 9.68 Å². The number of carbonyl (C=O) groups is 2. The maximum Gasteiger partial charge on any atom is 0.407 e. The van der Waals surface area contributed by atoms with Crippen molar-refractivity contribution in [3.8, 4) is 0 Å². The minimum absolute atomic E-state index is 0.0720. The van der Waals surface area contributed by atoms with Gasteiger partial charge in [0.2, 0.25) is 5.91 Å². The van der Waals surface area contributed by atoms with Crippen LogP contribution in [0.15, 0.2) is 0 Å². The predicted octanol–water partition coefficient (Wildman–Crippen LogP) is -0.628. The minimum Gasteiger partial charge on any atom is -0.465 e. The molecular formula is C11H16N4O9. The van der Waals surface area contributed by atoms with Crippen LogP contribution in [0.3, 0.4) is 0 Å². The third-order valence-corrected chi connectivity index (χ3v) is 4.10. The van der Waals surface area contributed by atoms with Crippen molar-refractivity contribution in [1.82, 2.24) is 9.80 Å². The molecule has 2 aliphatic rings. The number of nitrogens with zero attached hydrogens (tertiary/aromatic N) is 4. The Morgan fingerprint density at radius 3 is 1.71 bits per heavy atom. The maximum absolute atomic E-state index is 12.4. The van der Waals surface area contributed by atoms with Crippen molar-refractivity contribution in [2.45, 2.75) is 25.0 Å². The van der Waals surface area contributed by atoms with Crippen molar-refractivity contribution in [2.24, 2.45) is 5.92 Å². The molecule has 1 heterocycles. The largest absolute Gasteiger partial charge is 0.465 e. The second-order valence-electron chi connectivity index (χ2n) is 5.50. The molecule has 13 nitrogen and oxygen atoms in total. The van der Waals surface area contributed by atoms with Gasteiger partial charge in [-0.25, -0.2) is 4.79 Å². The summed E-state index contributed by atoms with van der Waals surface area (Å²) in [4.78, 5) is 55.6. The zero-order chi connectivity index (χ0) is 17.9. The average molecular weight is 348 g/mol. The quantitative estimate of drug-likeness (QED) is 0.502. The van der Waals surface area contributed by atoms with Gasteiger partial charge in [-0.05, 0) is 12.8 Å². The van der Waals surface area contributed by atoms with Gasteiger partial charge in [-0.1, -0.05) is 0 Å². The van der Waals surface area contributed by atoms with Gasteiger partial charge in [0.25, 0.3) is 10.2 Å². The van der Waals surface area contributed by atoms with Gasteiger partial charge in [-0.3, -0.25) is 4.79 Å². The lowest BCUT2D eigenvalue weighted by Gasteiger charge is -2.34. The van der Waals surface area contributed by atoms with Crippen LogP contribution < -0.4 is 0 Å². The zero-order valence-electron chi connectivity index (χ0n) is 12.5. The summed E-state index contributed by atoms with van der Waals surface area (Å²) in [5.41, 5.74) is 0. The normalized spacial score (nSPS) is 26.8. The Hall–Kier alpha value is -2.86. The Balaban J connectivity index is 1.96. The fourth-order valence-electron chi connectivity index (χ4n) is 2.98. The summed E-state index contributed by atoms with van der Waals surface area (Å²) < 4.78 is 0. The molecule has 0 spiro atoms. The molecule has 1 aliphatic heterocycles. The number of piperazine rings is 1. The fraction of sp³-hybridized carbons (Fsp3) is 0.818. The second-order valence-corrected chi connectivity index (χ2v) is 5.50. The molecule has 24 heavy (non-hydrogen) atoms. The van der Waals surface area contributed by atoms with Gasteiger partial charge in [0.15, 0.2) is 0 Å². The summed E-state index contributed by atoms with van der Waals surface area (Å²) in [5.74, 6) is -1.05. The monoisotopic (exact) mass is 348 g/mol. The molecule has 2 fully saturated rings. The van der Waals surface area contributed by atoms with Crippen LogP contribution in [0.2, 0.25) is 0 Å². The summed E-state index contributed by atoms with van der Waals surface area (Å²) in [5, 5.41) is 27.7. The highest BCUT2D eigenvalue weighted by Crippen LogP contribution is 2.32. The number of carbonyl (C=O) groups excluding carboxylic acids is 1. The maximum atomic E-state index is 12.4. The van der Waals surface area contributed by atoms with Crippen LogP contribution in [-0.4, -0.2) is 75.5 Å². The molecule has 0 radical (unpaired) electrons. The highest BCUT2D eigenvalue weighted by molar-refractivity contribution is 5.79. The number of carboxylic acid groups (broad SMARTS) is 1. The van der Waals surface area contributed by atoms with E-state index in [-0.39, 0.29) is 44.9 Å². The van der Waals surface area contributed by atoms with E-state index in [1.165, 1.54) is 9.80 Å². The molecule has 2 rings (SSSR count). The van der Waals surface area contributed by atoms with Crippen molar-refractivity contribution in [3.63, 3.8) is 0 Å². The molecule has 0 aromatic heterocycles. The van der Waals surface area contributed by atoms with Gasteiger partial charge in [0.05, 0.1) is 0 Å². The first-order chi connectivity index (χ1) is 11.3. The Morgan fingerprint density at radius 1 is 0.917 bits per heavy atom. The van der Waals surface area contributed by atoms with E-state index < -0.39 is 34.4 Å². The van der Waals surface area contributed by atoms with Gasteiger partial charge in [0.1, 0.15) is 12.2 Å². The average Bonchev–Trinajstić information content (AvgIpc) is 2.88. The molecule has 0 bridgehead atoms. The highest BCUT2D eigenvalue weighted by Gasteiger charge is 2.44. The van der Waals surface area contributed by atoms with Gasteiger partial charge >= 0.3 is 6.09 Å². The van der Waals surface area contributed by atoms with Crippen LogP contribution >= 0.6 is 0 Å². The molecule has 1 unspecified atom stereocenters. The summed E-state index contributed by atoms with van der Waals surface area (Å²) >= 11 is 0. The predicted molar refractivity (Wildman–Crippen MR) is 72.6 cm³/mol. The molecule has 1 aliphatic carbocycles. The zero-order valence-corrected chi connectivity index (χ0v) is 12.5. The Labute approximate surface area is 134 Å². The lowest BCUT2D eigenvalue weighted by molar-refractivity contribution is -0.797. The minimum atomic E-state index is -1.19. The number of hydrogen-bond donors (Lipinski definition) is 1. The van der Waals surface area contributed by atoms with E-state index in [1.54, 1.807) is 0 Å². The Kier molecular flexibility index (Phi) is 5.21. The molecule has 1 N–H and O–H groups in total. The molecule has 3 atom stereocenters. The van der Waals surface area contributed by atoms with Crippen molar-refractivity contribution >= 4 is 12.0 Å². The Morgan fingerprint density at radius 2 is 1.33 bits per heavy atom. The van der Waals surface area contributed by atoms with Gasteiger partial charge in [-0.15, -0.1) is 20.2 Å². The van der Waals surface area contributed by atoms with Crippen LogP contribution in [0.25, 0.3) is 0 Å². The van der Waals surface area contributed by atoms with Crippen LogP contribution in [0.4, 0.5) is 4.79 Å². The van der Waals surface area contributed by atoms with Crippen molar-refractivity contribution in [3.05, 3.63) is 20.2 Å².